The summed E-state index contributed by atoms with van der Waals surface area (Å²) < 4.78 is 11.1. The maximum atomic E-state index is 5.99. The Morgan fingerprint density at radius 1 is 0.900 bits per heavy atom. The molecular formula is C16H18ClNO2. The minimum absolute atomic E-state index is 0.453. The van der Waals surface area contributed by atoms with E-state index in [0.717, 1.165) is 12.2 Å². The third-order valence-electron chi connectivity index (χ3n) is 2.80. The second-order valence-electron chi connectivity index (χ2n) is 4.31. The Hall–Kier alpha value is -1.71. The number of halogens is 1. The van der Waals surface area contributed by atoms with Gasteiger partial charge in [-0.2, -0.15) is 0 Å². The number of rotatable bonds is 7. The van der Waals surface area contributed by atoms with Gasteiger partial charge in [-0.3, -0.25) is 0 Å². The van der Waals surface area contributed by atoms with Gasteiger partial charge in [0.05, 0.1) is 5.02 Å². The van der Waals surface area contributed by atoms with Crippen LogP contribution in [0, 0.1) is 0 Å². The number of nitrogens with two attached hydrogens (primary N) is 1. The smallest absolute Gasteiger partial charge is 0.138 e. The highest BCUT2D eigenvalue weighted by molar-refractivity contribution is 6.32. The summed E-state index contributed by atoms with van der Waals surface area (Å²) in [6, 6.07) is 15.3. The van der Waals surface area contributed by atoms with Gasteiger partial charge in [0.25, 0.3) is 0 Å². The molecule has 2 aromatic rings. The van der Waals surface area contributed by atoms with Crippen molar-refractivity contribution < 1.29 is 9.47 Å². The first-order valence-corrected chi connectivity index (χ1v) is 6.96. The predicted octanol–water partition coefficient (Wildman–Crippen LogP) is 3.30. The lowest BCUT2D eigenvalue weighted by atomic mass is 10.1. The molecule has 2 rings (SSSR count). The maximum Gasteiger partial charge on any atom is 0.138 e. The number of benzene rings is 2. The Morgan fingerprint density at radius 3 is 2.30 bits per heavy atom. The van der Waals surface area contributed by atoms with Gasteiger partial charge < -0.3 is 15.2 Å². The molecule has 0 bridgehead atoms. The zero-order valence-corrected chi connectivity index (χ0v) is 12.0. The summed E-state index contributed by atoms with van der Waals surface area (Å²) in [4.78, 5) is 0. The molecule has 0 unspecified atom stereocenters. The first-order chi connectivity index (χ1) is 9.79. The molecule has 0 spiro atoms. The highest BCUT2D eigenvalue weighted by Crippen LogP contribution is 2.22. The van der Waals surface area contributed by atoms with Crippen molar-refractivity contribution in [3.8, 4) is 11.5 Å². The van der Waals surface area contributed by atoms with Gasteiger partial charge in [-0.05, 0) is 42.8 Å². The zero-order chi connectivity index (χ0) is 14.2. The standard InChI is InChI=1S/C16H18ClNO2/c17-15-3-1-2-4-16(15)20-12-11-19-14-7-5-13(6-8-14)9-10-18/h1-8H,9-12,18H2. The average molecular weight is 292 g/mol. The number of para-hydroxylation sites is 1. The van der Waals surface area contributed by atoms with E-state index >= 15 is 0 Å². The first-order valence-electron chi connectivity index (χ1n) is 6.59. The van der Waals surface area contributed by atoms with Crippen LogP contribution in [-0.4, -0.2) is 19.8 Å². The minimum atomic E-state index is 0.453. The van der Waals surface area contributed by atoms with Gasteiger partial charge in [0, 0.05) is 0 Å². The molecule has 3 nitrogen and oxygen atoms in total. The molecule has 4 heteroatoms. The number of hydrogen-bond acceptors (Lipinski definition) is 3. The van der Waals surface area contributed by atoms with Gasteiger partial charge in [-0.1, -0.05) is 35.9 Å². The molecule has 0 aliphatic carbocycles. The third-order valence-corrected chi connectivity index (χ3v) is 3.11. The van der Waals surface area contributed by atoms with Crippen molar-refractivity contribution in [1.82, 2.24) is 0 Å². The Balaban J connectivity index is 1.74. The molecule has 0 saturated carbocycles. The van der Waals surface area contributed by atoms with Crippen LogP contribution in [0.2, 0.25) is 5.02 Å². The van der Waals surface area contributed by atoms with Crippen molar-refractivity contribution in [2.75, 3.05) is 19.8 Å². The van der Waals surface area contributed by atoms with E-state index in [2.05, 4.69) is 0 Å². The van der Waals surface area contributed by atoms with Crippen LogP contribution < -0.4 is 15.2 Å². The van der Waals surface area contributed by atoms with Crippen molar-refractivity contribution in [3.05, 3.63) is 59.1 Å². The predicted molar refractivity (Wildman–Crippen MR) is 81.6 cm³/mol. The molecule has 0 heterocycles. The molecule has 0 aliphatic rings. The molecule has 20 heavy (non-hydrogen) atoms. The Labute approximate surface area is 124 Å². The fourth-order valence-electron chi connectivity index (χ4n) is 1.79. The lowest BCUT2D eigenvalue weighted by molar-refractivity contribution is 0.217. The molecule has 0 fully saturated rings. The van der Waals surface area contributed by atoms with Crippen LogP contribution in [0.1, 0.15) is 5.56 Å². The van der Waals surface area contributed by atoms with E-state index in [1.54, 1.807) is 6.07 Å². The summed E-state index contributed by atoms with van der Waals surface area (Å²) in [5.41, 5.74) is 6.72. The van der Waals surface area contributed by atoms with E-state index < -0.39 is 0 Å². The number of ether oxygens (including phenoxy) is 2. The highest BCUT2D eigenvalue weighted by atomic mass is 35.5. The van der Waals surface area contributed by atoms with Crippen molar-refractivity contribution in [1.29, 1.82) is 0 Å². The summed E-state index contributed by atoms with van der Waals surface area (Å²) in [5.74, 6) is 1.50. The van der Waals surface area contributed by atoms with Crippen LogP contribution in [-0.2, 0) is 6.42 Å². The molecule has 0 amide bonds. The van der Waals surface area contributed by atoms with Gasteiger partial charge in [-0.25, -0.2) is 0 Å². The normalized spacial score (nSPS) is 10.3. The lowest BCUT2D eigenvalue weighted by Crippen LogP contribution is -2.09. The molecular weight excluding hydrogens is 274 g/mol. The quantitative estimate of drug-likeness (QED) is 0.796. The lowest BCUT2D eigenvalue weighted by Gasteiger charge is -2.09. The summed E-state index contributed by atoms with van der Waals surface area (Å²) >= 11 is 5.99. The topological polar surface area (TPSA) is 44.5 Å². The average Bonchev–Trinajstić information content (AvgIpc) is 2.47. The van der Waals surface area contributed by atoms with E-state index in [4.69, 9.17) is 26.8 Å². The van der Waals surface area contributed by atoms with Crippen molar-refractivity contribution in [2.24, 2.45) is 5.73 Å². The molecule has 2 aromatic carbocycles. The van der Waals surface area contributed by atoms with E-state index in [1.165, 1.54) is 5.56 Å². The van der Waals surface area contributed by atoms with E-state index in [1.807, 2.05) is 42.5 Å². The zero-order valence-electron chi connectivity index (χ0n) is 11.2. The summed E-state index contributed by atoms with van der Waals surface area (Å²) in [7, 11) is 0. The molecule has 0 saturated heterocycles. The van der Waals surface area contributed by atoms with Gasteiger partial charge in [-0.15, -0.1) is 0 Å². The van der Waals surface area contributed by atoms with Crippen LogP contribution in [0.4, 0.5) is 0 Å². The van der Waals surface area contributed by atoms with Crippen LogP contribution in [0.3, 0.4) is 0 Å². The fourth-order valence-corrected chi connectivity index (χ4v) is 1.98. The molecule has 0 radical (unpaired) electrons. The second kappa shape index (κ2) is 7.78. The van der Waals surface area contributed by atoms with E-state index in [9.17, 15) is 0 Å². The van der Waals surface area contributed by atoms with E-state index in [0.29, 0.717) is 30.5 Å². The fraction of sp³-hybridized carbons (Fsp3) is 0.250. The Kier molecular flexibility index (Phi) is 5.71. The third kappa shape index (κ3) is 4.44. The molecule has 0 aromatic heterocycles. The highest BCUT2D eigenvalue weighted by Gasteiger charge is 2.00. The first kappa shape index (κ1) is 14.7. The molecule has 0 atom stereocenters. The maximum absolute atomic E-state index is 5.99. The van der Waals surface area contributed by atoms with Crippen molar-refractivity contribution in [3.63, 3.8) is 0 Å². The Bertz CT molecular complexity index is 528. The van der Waals surface area contributed by atoms with Crippen LogP contribution in [0.15, 0.2) is 48.5 Å². The van der Waals surface area contributed by atoms with Crippen LogP contribution in [0.25, 0.3) is 0 Å². The monoisotopic (exact) mass is 291 g/mol. The van der Waals surface area contributed by atoms with Gasteiger partial charge >= 0.3 is 0 Å². The Morgan fingerprint density at radius 2 is 1.60 bits per heavy atom. The van der Waals surface area contributed by atoms with Gasteiger partial charge in [0.1, 0.15) is 24.7 Å². The van der Waals surface area contributed by atoms with Crippen molar-refractivity contribution >= 4 is 11.6 Å². The molecule has 0 aliphatic heterocycles. The van der Waals surface area contributed by atoms with Crippen molar-refractivity contribution in [2.45, 2.75) is 6.42 Å². The van der Waals surface area contributed by atoms with Crippen LogP contribution >= 0.6 is 11.6 Å². The van der Waals surface area contributed by atoms with Crippen LogP contribution in [0.5, 0.6) is 11.5 Å². The summed E-state index contributed by atoms with van der Waals surface area (Å²) in [5, 5.41) is 0.610. The van der Waals surface area contributed by atoms with E-state index in [-0.39, 0.29) is 0 Å². The minimum Gasteiger partial charge on any atom is -0.490 e. The SMILES string of the molecule is NCCc1ccc(OCCOc2ccccc2Cl)cc1. The van der Waals surface area contributed by atoms with Gasteiger partial charge in [0.15, 0.2) is 0 Å². The largest absolute Gasteiger partial charge is 0.490 e. The summed E-state index contributed by atoms with van der Waals surface area (Å²) in [6.07, 6.45) is 0.885. The molecule has 2 N–H and O–H groups in total. The number of hydrogen-bond donors (Lipinski definition) is 1. The molecule has 106 valence electrons. The van der Waals surface area contributed by atoms with Gasteiger partial charge in [0.2, 0.25) is 0 Å². The second-order valence-corrected chi connectivity index (χ2v) is 4.72. The summed E-state index contributed by atoms with van der Waals surface area (Å²) in [6.45, 7) is 1.58.